The molecule has 4 nitrogen and oxygen atoms in total. The predicted octanol–water partition coefficient (Wildman–Crippen LogP) is 6.20. The van der Waals surface area contributed by atoms with Gasteiger partial charge < -0.3 is 9.47 Å². The highest BCUT2D eigenvalue weighted by molar-refractivity contribution is 6.03. The minimum atomic E-state index is -0.564. The molecule has 2 aromatic carbocycles. The van der Waals surface area contributed by atoms with E-state index < -0.39 is 11.9 Å². The zero-order valence-electron chi connectivity index (χ0n) is 16.7. The highest BCUT2D eigenvalue weighted by atomic mass is 16.5. The van der Waals surface area contributed by atoms with Gasteiger partial charge in [0.15, 0.2) is 0 Å². The van der Waals surface area contributed by atoms with Crippen LogP contribution >= 0.6 is 0 Å². The summed E-state index contributed by atoms with van der Waals surface area (Å²) in [5, 5.41) is 0. The Kier molecular flexibility index (Phi) is 9.84. The molecule has 0 atom stereocenters. The molecule has 150 valence electrons. The second-order valence-electron chi connectivity index (χ2n) is 6.86. The molecule has 0 bridgehead atoms. The molecule has 0 fully saturated rings. The van der Waals surface area contributed by atoms with Crippen molar-refractivity contribution in [1.29, 1.82) is 0 Å². The number of esters is 2. The van der Waals surface area contributed by atoms with E-state index in [1.54, 1.807) is 48.5 Å². The molecule has 0 aliphatic carbocycles. The Morgan fingerprint density at radius 1 is 0.679 bits per heavy atom. The summed E-state index contributed by atoms with van der Waals surface area (Å²) in [5.74, 6) is -0.607. The van der Waals surface area contributed by atoms with Crippen molar-refractivity contribution in [2.75, 3.05) is 6.61 Å². The van der Waals surface area contributed by atoms with Gasteiger partial charge >= 0.3 is 11.9 Å². The summed E-state index contributed by atoms with van der Waals surface area (Å²) >= 11 is 0. The fourth-order valence-electron chi connectivity index (χ4n) is 2.97. The van der Waals surface area contributed by atoms with Gasteiger partial charge in [-0.1, -0.05) is 82.2 Å². The van der Waals surface area contributed by atoms with E-state index in [1.807, 2.05) is 6.07 Å². The van der Waals surface area contributed by atoms with E-state index >= 15 is 0 Å². The zero-order chi connectivity index (χ0) is 20.0. The van der Waals surface area contributed by atoms with Gasteiger partial charge in [-0.15, -0.1) is 0 Å². The lowest BCUT2D eigenvalue weighted by molar-refractivity contribution is 0.0489. The standard InChI is InChI=1S/C24H30O4/c1-2-3-4-5-6-7-8-14-19-27-23(25)21-17-12-13-18-22(21)24(26)28-20-15-10-9-11-16-20/h9-13,15-18H,2-8,14,19H2,1H3. The Balaban J connectivity index is 1.78. The van der Waals surface area contributed by atoms with Crippen molar-refractivity contribution < 1.29 is 19.1 Å². The van der Waals surface area contributed by atoms with E-state index in [-0.39, 0.29) is 11.1 Å². The molecule has 0 aromatic heterocycles. The molecule has 0 spiro atoms. The van der Waals surface area contributed by atoms with Gasteiger partial charge in [0.2, 0.25) is 0 Å². The number of para-hydroxylation sites is 1. The fraction of sp³-hybridized carbons (Fsp3) is 0.417. The molecule has 0 unspecified atom stereocenters. The first kappa shape index (κ1) is 21.7. The molecule has 0 N–H and O–H groups in total. The Bertz CT molecular complexity index is 724. The van der Waals surface area contributed by atoms with Crippen molar-refractivity contribution in [3.8, 4) is 5.75 Å². The lowest BCUT2D eigenvalue weighted by Crippen LogP contribution is -2.16. The quantitative estimate of drug-likeness (QED) is 0.249. The molecule has 0 aliphatic heterocycles. The Hall–Kier alpha value is -2.62. The van der Waals surface area contributed by atoms with Gasteiger partial charge in [-0.25, -0.2) is 9.59 Å². The van der Waals surface area contributed by atoms with E-state index in [1.165, 1.54) is 38.5 Å². The molecular formula is C24H30O4. The van der Waals surface area contributed by atoms with Gasteiger partial charge in [0.05, 0.1) is 17.7 Å². The van der Waals surface area contributed by atoms with Crippen molar-refractivity contribution in [3.05, 3.63) is 65.7 Å². The van der Waals surface area contributed by atoms with Crippen molar-refractivity contribution in [2.24, 2.45) is 0 Å². The highest BCUT2D eigenvalue weighted by Crippen LogP contribution is 2.16. The average molecular weight is 383 g/mol. The lowest BCUT2D eigenvalue weighted by atomic mass is 10.1. The zero-order valence-corrected chi connectivity index (χ0v) is 16.7. The molecule has 0 saturated heterocycles. The smallest absolute Gasteiger partial charge is 0.344 e. The van der Waals surface area contributed by atoms with Crippen LogP contribution < -0.4 is 4.74 Å². The van der Waals surface area contributed by atoms with E-state index in [2.05, 4.69) is 6.92 Å². The molecule has 0 aliphatic rings. The molecule has 4 heteroatoms. The van der Waals surface area contributed by atoms with Crippen molar-refractivity contribution in [2.45, 2.75) is 58.3 Å². The van der Waals surface area contributed by atoms with E-state index in [9.17, 15) is 9.59 Å². The van der Waals surface area contributed by atoms with E-state index in [4.69, 9.17) is 9.47 Å². The number of ether oxygens (including phenoxy) is 2. The largest absolute Gasteiger partial charge is 0.462 e. The third kappa shape index (κ3) is 7.55. The van der Waals surface area contributed by atoms with Crippen LogP contribution in [0, 0.1) is 0 Å². The monoisotopic (exact) mass is 382 g/mol. The topological polar surface area (TPSA) is 52.6 Å². The molecular weight excluding hydrogens is 352 g/mol. The minimum absolute atomic E-state index is 0.215. The minimum Gasteiger partial charge on any atom is -0.462 e. The average Bonchev–Trinajstić information content (AvgIpc) is 2.73. The lowest BCUT2D eigenvalue weighted by Gasteiger charge is -2.09. The second-order valence-corrected chi connectivity index (χ2v) is 6.86. The Labute approximate surface area is 167 Å². The number of hydrogen-bond donors (Lipinski definition) is 0. The summed E-state index contributed by atoms with van der Waals surface area (Å²) in [5.41, 5.74) is 0.454. The first-order valence-electron chi connectivity index (χ1n) is 10.3. The highest BCUT2D eigenvalue weighted by Gasteiger charge is 2.19. The van der Waals surface area contributed by atoms with Gasteiger partial charge in [0.1, 0.15) is 5.75 Å². The molecule has 0 heterocycles. The molecule has 2 rings (SSSR count). The molecule has 0 saturated carbocycles. The molecule has 0 amide bonds. The Morgan fingerprint density at radius 2 is 1.21 bits per heavy atom. The SMILES string of the molecule is CCCCCCCCCCOC(=O)c1ccccc1C(=O)Oc1ccccc1. The number of carbonyl (C=O) groups is 2. The maximum absolute atomic E-state index is 12.4. The first-order chi connectivity index (χ1) is 13.7. The maximum Gasteiger partial charge on any atom is 0.344 e. The second kappa shape index (κ2) is 12.7. The van der Waals surface area contributed by atoms with Crippen molar-refractivity contribution in [3.63, 3.8) is 0 Å². The number of rotatable bonds is 12. The fourth-order valence-corrected chi connectivity index (χ4v) is 2.97. The summed E-state index contributed by atoms with van der Waals surface area (Å²) in [6, 6.07) is 15.4. The maximum atomic E-state index is 12.4. The van der Waals surface area contributed by atoms with Gasteiger partial charge in [-0.2, -0.15) is 0 Å². The van der Waals surface area contributed by atoms with Crippen LogP contribution in [0.25, 0.3) is 0 Å². The van der Waals surface area contributed by atoms with Crippen LogP contribution in [0.3, 0.4) is 0 Å². The van der Waals surface area contributed by atoms with Crippen LogP contribution in [0.15, 0.2) is 54.6 Å². The van der Waals surface area contributed by atoms with E-state index in [0.29, 0.717) is 12.4 Å². The van der Waals surface area contributed by atoms with Crippen LogP contribution in [0.5, 0.6) is 5.75 Å². The summed E-state index contributed by atoms with van der Waals surface area (Å²) < 4.78 is 10.7. The van der Waals surface area contributed by atoms with Crippen LogP contribution in [0.1, 0.15) is 79.0 Å². The van der Waals surface area contributed by atoms with Crippen molar-refractivity contribution >= 4 is 11.9 Å². The molecule has 28 heavy (non-hydrogen) atoms. The Morgan fingerprint density at radius 3 is 1.86 bits per heavy atom. The van der Waals surface area contributed by atoms with Crippen LogP contribution in [0.2, 0.25) is 0 Å². The summed E-state index contributed by atoms with van der Waals surface area (Å²) in [6.07, 6.45) is 9.46. The summed E-state index contributed by atoms with van der Waals surface area (Å²) in [6.45, 7) is 2.59. The molecule has 0 radical (unpaired) electrons. The normalized spacial score (nSPS) is 10.5. The van der Waals surface area contributed by atoms with Gasteiger partial charge in [0, 0.05) is 0 Å². The molecule has 2 aromatic rings. The summed E-state index contributed by atoms with van der Waals surface area (Å²) in [4.78, 5) is 24.8. The van der Waals surface area contributed by atoms with Crippen LogP contribution in [0.4, 0.5) is 0 Å². The third-order valence-electron chi connectivity index (χ3n) is 4.55. The summed E-state index contributed by atoms with van der Waals surface area (Å²) in [7, 11) is 0. The third-order valence-corrected chi connectivity index (χ3v) is 4.55. The number of benzene rings is 2. The number of unbranched alkanes of at least 4 members (excludes halogenated alkanes) is 7. The van der Waals surface area contributed by atoms with Crippen LogP contribution in [-0.2, 0) is 4.74 Å². The number of carbonyl (C=O) groups excluding carboxylic acids is 2. The van der Waals surface area contributed by atoms with Crippen molar-refractivity contribution in [1.82, 2.24) is 0 Å². The van der Waals surface area contributed by atoms with Gasteiger partial charge in [0.25, 0.3) is 0 Å². The number of hydrogen-bond acceptors (Lipinski definition) is 4. The van der Waals surface area contributed by atoms with Gasteiger partial charge in [-0.3, -0.25) is 0 Å². The van der Waals surface area contributed by atoms with Gasteiger partial charge in [-0.05, 0) is 30.7 Å². The predicted molar refractivity (Wildman–Crippen MR) is 111 cm³/mol. The van der Waals surface area contributed by atoms with E-state index in [0.717, 1.165) is 12.8 Å². The van der Waals surface area contributed by atoms with Crippen LogP contribution in [-0.4, -0.2) is 18.5 Å². The first-order valence-corrected chi connectivity index (χ1v) is 10.3.